The van der Waals surface area contributed by atoms with Crippen LogP contribution in [0.5, 0.6) is 0 Å². The molecule has 1 aromatic heterocycles. The van der Waals surface area contributed by atoms with E-state index in [2.05, 4.69) is 0 Å². The molecule has 1 aromatic rings. The zero-order valence-corrected chi connectivity index (χ0v) is 9.70. The highest BCUT2D eigenvalue weighted by Gasteiger charge is 2.14. The van der Waals surface area contributed by atoms with E-state index in [-0.39, 0.29) is 26.2 Å². The highest BCUT2D eigenvalue weighted by atomic mass is 16.3. The van der Waals surface area contributed by atoms with Crippen molar-refractivity contribution in [3.05, 3.63) is 31.5 Å². The van der Waals surface area contributed by atoms with Gasteiger partial charge in [-0.2, -0.15) is 0 Å². The first-order valence-corrected chi connectivity index (χ1v) is 5.39. The number of aliphatic hydroxyl groups excluding tert-OH is 2. The molecule has 0 aliphatic carbocycles. The van der Waals surface area contributed by atoms with E-state index in [4.69, 9.17) is 15.3 Å². The number of nitrogens with zero attached hydrogens (tertiary/aromatic N) is 3. The van der Waals surface area contributed by atoms with Crippen molar-refractivity contribution in [1.29, 1.82) is 0 Å². The van der Waals surface area contributed by atoms with E-state index in [1.807, 2.05) is 0 Å². The fraction of sp³-hybridized carbons (Fsp3) is 0.667. The quantitative estimate of drug-likeness (QED) is 0.503. The van der Waals surface area contributed by atoms with Gasteiger partial charge in [0.2, 0.25) is 0 Å². The normalized spacial score (nSPS) is 10.8. The van der Waals surface area contributed by atoms with Crippen molar-refractivity contribution in [3.8, 4) is 0 Å². The summed E-state index contributed by atoms with van der Waals surface area (Å²) in [5.41, 5.74) is -2.56. The Kier molecular flexibility index (Phi) is 5.01. The van der Waals surface area contributed by atoms with Gasteiger partial charge in [0.1, 0.15) is 6.54 Å². The van der Waals surface area contributed by atoms with Gasteiger partial charge in [-0.25, -0.2) is 28.1 Å². The standard InChI is InChI=1S/C9H15N3O6/c13-4-1-10-7(16)11(2-5-14)9(18)12(3-6-15)8(10)17/h13-15H,1-6H2/p+1. The summed E-state index contributed by atoms with van der Waals surface area (Å²) in [6.45, 7) is -1.65. The second kappa shape index (κ2) is 6.28. The van der Waals surface area contributed by atoms with E-state index >= 15 is 0 Å². The highest BCUT2D eigenvalue weighted by Crippen LogP contribution is 1.76. The van der Waals surface area contributed by atoms with Crippen molar-refractivity contribution in [3.63, 3.8) is 0 Å². The summed E-state index contributed by atoms with van der Waals surface area (Å²) in [6, 6.07) is 0. The van der Waals surface area contributed by atoms with E-state index in [0.717, 1.165) is 4.57 Å². The van der Waals surface area contributed by atoms with Crippen molar-refractivity contribution >= 4 is 0 Å². The van der Waals surface area contributed by atoms with Crippen LogP contribution in [0.3, 0.4) is 0 Å². The van der Waals surface area contributed by atoms with Gasteiger partial charge in [-0.3, -0.25) is 0 Å². The van der Waals surface area contributed by atoms with Crippen LogP contribution in [0.25, 0.3) is 0 Å². The Morgan fingerprint density at radius 2 is 1.11 bits per heavy atom. The molecule has 102 valence electrons. The minimum absolute atomic E-state index is 0.144. The van der Waals surface area contributed by atoms with Gasteiger partial charge in [-0.1, -0.05) is 0 Å². The van der Waals surface area contributed by atoms with Crippen molar-refractivity contribution in [2.45, 2.75) is 19.6 Å². The lowest BCUT2D eigenvalue weighted by Gasteiger charge is -2.11. The van der Waals surface area contributed by atoms with Gasteiger partial charge >= 0.3 is 17.1 Å². The summed E-state index contributed by atoms with van der Waals surface area (Å²) in [7, 11) is 0. The molecule has 0 aliphatic rings. The fourth-order valence-electron chi connectivity index (χ4n) is 1.57. The van der Waals surface area contributed by atoms with E-state index in [1.165, 1.54) is 0 Å². The molecule has 9 nitrogen and oxygen atoms in total. The second-order valence-electron chi connectivity index (χ2n) is 3.50. The maximum Gasteiger partial charge on any atom is 0.336 e. The Bertz CT molecular complexity index is 458. The van der Waals surface area contributed by atoms with Crippen LogP contribution < -0.4 is 17.1 Å². The van der Waals surface area contributed by atoms with Crippen LogP contribution in [0.2, 0.25) is 0 Å². The molecule has 0 aromatic carbocycles. The first-order valence-electron chi connectivity index (χ1n) is 5.39. The maximum atomic E-state index is 11.8. The third-order valence-electron chi connectivity index (χ3n) is 2.37. The van der Waals surface area contributed by atoms with E-state index in [1.54, 1.807) is 0 Å². The molecule has 0 bridgehead atoms. The summed E-state index contributed by atoms with van der Waals surface area (Å²) in [5.74, 6) is 0. The van der Waals surface area contributed by atoms with Gasteiger partial charge in [-0.05, 0) is 0 Å². The number of rotatable bonds is 6. The van der Waals surface area contributed by atoms with Crippen molar-refractivity contribution < 1.29 is 15.3 Å². The molecule has 0 atom stereocenters. The Balaban J connectivity index is 3.59. The van der Waals surface area contributed by atoms with Crippen LogP contribution in [0.15, 0.2) is 14.4 Å². The first-order chi connectivity index (χ1) is 8.58. The van der Waals surface area contributed by atoms with Crippen LogP contribution in [-0.2, 0) is 19.6 Å². The third-order valence-corrected chi connectivity index (χ3v) is 2.37. The van der Waals surface area contributed by atoms with Gasteiger partial charge in [0.05, 0.1) is 26.3 Å². The van der Waals surface area contributed by atoms with E-state index in [0.29, 0.717) is 9.13 Å². The van der Waals surface area contributed by atoms with Gasteiger partial charge < -0.3 is 15.3 Å². The average Bonchev–Trinajstić information content (AvgIpc) is 2.35. The highest BCUT2D eigenvalue weighted by molar-refractivity contribution is 4.79. The third kappa shape index (κ3) is 2.58. The van der Waals surface area contributed by atoms with Gasteiger partial charge in [0.25, 0.3) is 0 Å². The monoisotopic (exact) mass is 262 g/mol. The number of hydrogen-bond acceptors (Lipinski definition) is 5. The lowest BCUT2D eigenvalue weighted by atomic mass is 10.6. The summed E-state index contributed by atoms with van der Waals surface area (Å²) >= 11 is 0. The van der Waals surface area contributed by atoms with Gasteiger partial charge in [0.15, 0.2) is 6.61 Å². The van der Waals surface area contributed by atoms with Crippen LogP contribution in [0.1, 0.15) is 0 Å². The molecular formula is C9H16N3O6+. The summed E-state index contributed by atoms with van der Waals surface area (Å²) in [4.78, 5) is 35.4. The molecule has 9 heteroatoms. The smallest absolute Gasteiger partial charge is 0.336 e. The number of aromatic nitrogens is 3. The minimum atomic E-state index is -0.866. The van der Waals surface area contributed by atoms with Crippen molar-refractivity contribution in [1.82, 2.24) is 13.7 Å². The molecular weight excluding hydrogens is 246 g/mol. The zero-order valence-electron chi connectivity index (χ0n) is 9.70. The van der Waals surface area contributed by atoms with Crippen molar-refractivity contribution in [2.75, 3.05) is 19.8 Å². The Morgan fingerprint density at radius 3 is 1.39 bits per heavy atom. The predicted octanol–water partition coefficient (Wildman–Crippen LogP) is -4.12. The molecule has 0 amide bonds. The van der Waals surface area contributed by atoms with E-state index < -0.39 is 30.3 Å². The van der Waals surface area contributed by atoms with Gasteiger partial charge in [0, 0.05) is 0 Å². The molecule has 0 fully saturated rings. The lowest BCUT2D eigenvalue weighted by Crippen LogP contribution is -2.55. The van der Waals surface area contributed by atoms with Crippen LogP contribution in [0.4, 0.5) is 0 Å². The van der Waals surface area contributed by atoms with Gasteiger partial charge in [-0.15, -0.1) is 0 Å². The topological polar surface area (TPSA) is 129 Å². The predicted molar refractivity (Wildman–Crippen MR) is 61.9 cm³/mol. The minimum Gasteiger partial charge on any atom is -0.444 e. The Hall–Kier alpha value is -1.71. The summed E-state index contributed by atoms with van der Waals surface area (Å²) in [6.07, 6.45) is 0. The molecule has 18 heavy (non-hydrogen) atoms. The number of aliphatic hydroxyl groups is 2. The van der Waals surface area contributed by atoms with Crippen LogP contribution >= 0.6 is 0 Å². The first kappa shape index (κ1) is 14.4. The largest absolute Gasteiger partial charge is 0.444 e. The molecule has 1 rings (SSSR count). The second-order valence-corrected chi connectivity index (χ2v) is 3.50. The molecule has 0 radical (unpaired) electrons. The zero-order chi connectivity index (χ0) is 13.7. The molecule has 0 saturated carbocycles. The molecule has 0 saturated heterocycles. The van der Waals surface area contributed by atoms with Crippen LogP contribution in [-0.4, -0.2) is 48.8 Å². The molecule has 0 unspecified atom stereocenters. The number of hydrogen-bond donors (Lipinski definition) is 2. The lowest BCUT2D eigenvalue weighted by molar-refractivity contribution is 0.239. The molecule has 0 spiro atoms. The Morgan fingerprint density at radius 1 is 0.778 bits per heavy atom. The van der Waals surface area contributed by atoms with E-state index in [9.17, 15) is 14.4 Å². The summed E-state index contributed by atoms with van der Waals surface area (Å²) < 4.78 is 2.18. The van der Waals surface area contributed by atoms with Crippen LogP contribution in [0, 0.1) is 0 Å². The fourth-order valence-corrected chi connectivity index (χ4v) is 1.57. The Labute approximate surface area is 101 Å². The molecule has 4 N–H and O–H groups in total. The molecule has 1 heterocycles. The average molecular weight is 262 g/mol. The maximum absolute atomic E-state index is 11.8. The van der Waals surface area contributed by atoms with Crippen molar-refractivity contribution in [2.24, 2.45) is 0 Å². The molecule has 0 aliphatic heterocycles. The summed E-state index contributed by atoms with van der Waals surface area (Å²) in [5, 5.41) is 24.6. The SMILES string of the molecule is O=c1n(CCO)c(=O)n(CC[OH2+])c(=O)n1CCO.